The van der Waals surface area contributed by atoms with Gasteiger partial charge in [-0.1, -0.05) is 16.8 Å². The third-order valence-electron chi connectivity index (χ3n) is 3.57. The Hall–Kier alpha value is -2.87. The van der Waals surface area contributed by atoms with Gasteiger partial charge < -0.3 is 10.5 Å². The molecule has 1 fully saturated rings. The van der Waals surface area contributed by atoms with Crippen LogP contribution in [0.2, 0.25) is 5.02 Å². The van der Waals surface area contributed by atoms with Gasteiger partial charge in [0.15, 0.2) is 0 Å². The molecule has 0 bridgehead atoms. The molecule has 4 rings (SSSR count). The number of hydrogen-bond donors (Lipinski definition) is 2. The quantitative estimate of drug-likeness (QED) is 0.744. The van der Waals surface area contributed by atoms with Crippen LogP contribution in [0.1, 0.15) is 12.8 Å². The van der Waals surface area contributed by atoms with E-state index in [1.54, 1.807) is 12.1 Å². The topological polar surface area (TPSA) is 120 Å². The Bertz CT molecular complexity index is 964. The van der Waals surface area contributed by atoms with Crippen molar-refractivity contribution in [3.63, 3.8) is 0 Å². The van der Waals surface area contributed by atoms with Crippen LogP contribution in [-0.4, -0.2) is 26.2 Å². The number of H-pyrrole nitrogens is 1. The van der Waals surface area contributed by atoms with Crippen LogP contribution in [0.15, 0.2) is 33.8 Å². The molecule has 0 spiro atoms. The van der Waals surface area contributed by atoms with Gasteiger partial charge in [0.05, 0.1) is 22.5 Å². The molecule has 0 atom stereocenters. The largest absolute Gasteiger partial charge is 0.489 e. The molecule has 1 aliphatic carbocycles. The van der Waals surface area contributed by atoms with Crippen molar-refractivity contribution in [2.24, 2.45) is 0 Å². The minimum atomic E-state index is -0.686. The van der Waals surface area contributed by atoms with Crippen LogP contribution in [0.4, 0.5) is 5.69 Å². The van der Waals surface area contributed by atoms with Crippen molar-refractivity contribution in [2.75, 3.05) is 5.73 Å². The molecule has 0 radical (unpaired) electrons. The lowest BCUT2D eigenvalue weighted by atomic mass is 10.1. The van der Waals surface area contributed by atoms with Crippen molar-refractivity contribution in [1.29, 1.82) is 0 Å². The van der Waals surface area contributed by atoms with Crippen LogP contribution >= 0.6 is 11.6 Å². The molecular weight excluding hydrogens is 334 g/mol. The first-order valence-corrected chi connectivity index (χ1v) is 7.63. The summed E-state index contributed by atoms with van der Waals surface area (Å²) < 4.78 is 10.2. The number of rotatable bonds is 4. The van der Waals surface area contributed by atoms with Crippen molar-refractivity contribution in [3.05, 3.63) is 40.1 Å². The molecule has 2 aromatic heterocycles. The highest BCUT2D eigenvalue weighted by molar-refractivity contribution is 6.32. The predicted octanol–water partition coefficient (Wildman–Crippen LogP) is 2.26. The summed E-state index contributed by atoms with van der Waals surface area (Å²) >= 11 is 6.28. The highest BCUT2D eigenvalue weighted by Gasteiger charge is 2.24. The van der Waals surface area contributed by atoms with Gasteiger partial charge in [0, 0.05) is 5.56 Å². The van der Waals surface area contributed by atoms with E-state index in [0.717, 1.165) is 12.8 Å². The molecule has 0 unspecified atom stereocenters. The van der Waals surface area contributed by atoms with E-state index in [1.165, 1.54) is 6.33 Å². The van der Waals surface area contributed by atoms with Crippen LogP contribution in [0.3, 0.4) is 0 Å². The number of benzene rings is 1. The van der Waals surface area contributed by atoms with Gasteiger partial charge in [-0.2, -0.15) is 0 Å². The number of hydrogen-bond acceptors (Lipinski definition) is 7. The Balaban J connectivity index is 1.73. The zero-order valence-electron chi connectivity index (χ0n) is 12.3. The van der Waals surface area contributed by atoms with Gasteiger partial charge in [-0.3, -0.25) is 9.51 Å². The van der Waals surface area contributed by atoms with E-state index in [-0.39, 0.29) is 23.3 Å². The number of nitrogen functional groups attached to an aromatic ring is 1. The highest BCUT2D eigenvalue weighted by atomic mass is 35.5. The smallest absolute Gasteiger partial charge is 0.439 e. The summed E-state index contributed by atoms with van der Waals surface area (Å²) in [5.41, 5.74) is 7.85. The number of nitrogens with one attached hydrogen (secondary N) is 1. The first-order valence-electron chi connectivity index (χ1n) is 7.25. The van der Waals surface area contributed by atoms with Crippen LogP contribution in [0, 0.1) is 0 Å². The molecule has 1 saturated carbocycles. The summed E-state index contributed by atoms with van der Waals surface area (Å²) in [5, 5.41) is 4.07. The lowest BCUT2D eigenvalue weighted by molar-refractivity contribution is 0.303. The van der Waals surface area contributed by atoms with Gasteiger partial charge in [-0.15, -0.1) is 0 Å². The Labute approximate surface area is 140 Å². The number of halogens is 1. The van der Waals surface area contributed by atoms with Crippen molar-refractivity contribution < 1.29 is 9.26 Å². The minimum Gasteiger partial charge on any atom is -0.489 e. The molecule has 9 heteroatoms. The number of nitrogens with zero attached hydrogens (tertiary/aromatic N) is 3. The SMILES string of the molecule is Nc1c(-c2ccc(OC3CC3)c(Cl)c2)ncnc1-c1noc(=O)[nH]1. The fourth-order valence-corrected chi connectivity index (χ4v) is 2.48. The Morgan fingerprint density at radius 1 is 1.29 bits per heavy atom. The normalized spacial score (nSPS) is 13.9. The molecule has 1 aliphatic rings. The number of aromatic nitrogens is 4. The first kappa shape index (κ1) is 14.7. The van der Waals surface area contributed by atoms with E-state index < -0.39 is 5.76 Å². The second-order valence-corrected chi connectivity index (χ2v) is 5.80. The predicted molar refractivity (Wildman–Crippen MR) is 86.7 cm³/mol. The second-order valence-electron chi connectivity index (χ2n) is 5.39. The summed E-state index contributed by atoms with van der Waals surface area (Å²) in [6.45, 7) is 0. The number of nitrogens with two attached hydrogens (primary N) is 1. The van der Waals surface area contributed by atoms with E-state index in [4.69, 9.17) is 22.1 Å². The van der Waals surface area contributed by atoms with E-state index in [0.29, 0.717) is 22.0 Å². The molecule has 3 aromatic rings. The zero-order valence-corrected chi connectivity index (χ0v) is 13.1. The Morgan fingerprint density at radius 2 is 2.08 bits per heavy atom. The molecule has 122 valence electrons. The Morgan fingerprint density at radius 3 is 2.75 bits per heavy atom. The molecule has 1 aromatic carbocycles. The molecule has 0 amide bonds. The van der Waals surface area contributed by atoms with E-state index >= 15 is 0 Å². The Kier molecular flexibility index (Phi) is 3.46. The summed E-state index contributed by atoms with van der Waals surface area (Å²) in [6.07, 6.45) is 3.69. The van der Waals surface area contributed by atoms with Crippen LogP contribution < -0.4 is 16.2 Å². The van der Waals surface area contributed by atoms with Crippen molar-refractivity contribution in [3.8, 4) is 28.5 Å². The molecule has 2 heterocycles. The van der Waals surface area contributed by atoms with Crippen molar-refractivity contribution in [2.45, 2.75) is 18.9 Å². The summed E-state index contributed by atoms with van der Waals surface area (Å²) in [7, 11) is 0. The summed E-state index contributed by atoms with van der Waals surface area (Å²) in [5.74, 6) is 0.0896. The van der Waals surface area contributed by atoms with E-state index in [9.17, 15) is 4.79 Å². The highest BCUT2D eigenvalue weighted by Crippen LogP contribution is 2.36. The van der Waals surface area contributed by atoms with Crippen LogP contribution in [-0.2, 0) is 0 Å². The van der Waals surface area contributed by atoms with E-state index in [2.05, 4.69) is 24.6 Å². The van der Waals surface area contributed by atoms with Crippen molar-refractivity contribution in [1.82, 2.24) is 20.1 Å². The number of anilines is 1. The molecule has 0 aliphatic heterocycles. The third-order valence-corrected chi connectivity index (χ3v) is 3.87. The van der Waals surface area contributed by atoms with Gasteiger partial charge in [-0.25, -0.2) is 14.8 Å². The lowest BCUT2D eigenvalue weighted by Gasteiger charge is -2.10. The average molecular weight is 346 g/mol. The summed E-state index contributed by atoms with van der Waals surface area (Å²) in [4.78, 5) is 21.8. The van der Waals surface area contributed by atoms with Crippen LogP contribution in [0.25, 0.3) is 22.8 Å². The van der Waals surface area contributed by atoms with Crippen molar-refractivity contribution >= 4 is 17.3 Å². The zero-order chi connectivity index (χ0) is 16.7. The second kappa shape index (κ2) is 5.64. The van der Waals surface area contributed by atoms with Gasteiger partial charge in [0.1, 0.15) is 17.8 Å². The summed E-state index contributed by atoms with van der Waals surface area (Å²) in [6, 6.07) is 5.33. The molecule has 8 nitrogen and oxygen atoms in total. The first-order chi connectivity index (χ1) is 11.6. The maximum absolute atomic E-state index is 11.1. The van der Waals surface area contributed by atoms with Gasteiger partial charge in [0.25, 0.3) is 0 Å². The lowest BCUT2D eigenvalue weighted by Crippen LogP contribution is -2.02. The fourth-order valence-electron chi connectivity index (χ4n) is 2.26. The van der Waals surface area contributed by atoms with Gasteiger partial charge in [0.2, 0.25) is 5.82 Å². The maximum atomic E-state index is 11.1. The average Bonchev–Trinajstić information content (AvgIpc) is 3.28. The molecule has 0 saturated heterocycles. The molecule has 24 heavy (non-hydrogen) atoms. The minimum absolute atomic E-state index is 0.140. The van der Waals surface area contributed by atoms with Crippen LogP contribution in [0.5, 0.6) is 5.75 Å². The fraction of sp³-hybridized carbons (Fsp3) is 0.200. The monoisotopic (exact) mass is 345 g/mol. The van der Waals surface area contributed by atoms with Gasteiger partial charge in [-0.05, 0) is 31.0 Å². The molecular formula is C15H12ClN5O3. The number of aromatic amines is 1. The van der Waals surface area contributed by atoms with E-state index in [1.807, 2.05) is 6.07 Å². The number of ether oxygens (including phenoxy) is 1. The van der Waals surface area contributed by atoms with Gasteiger partial charge >= 0.3 is 5.76 Å². The molecule has 3 N–H and O–H groups in total. The maximum Gasteiger partial charge on any atom is 0.439 e. The standard InChI is InChI=1S/C15H12ClN5O3/c16-9-5-7(1-4-10(9)23-8-2-3-8)12-11(17)13(19-6-18-12)14-20-15(22)24-21-14/h1,4-6,8H,2-3,17H2,(H,20,21,22). The third kappa shape index (κ3) is 2.71.